The molecule has 0 atom stereocenters. The van der Waals surface area contributed by atoms with E-state index in [1.807, 2.05) is 0 Å². The van der Waals surface area contributed by atoms with Gasteiger partial charge in [-0.2, -0.15) is 4.39 Å². The molecule has 0 aliphatic carbocycles. The molecule has 0 radical (unpaired) electrons. The van der Waals surface area contributed by atoms with Gasteiger partial charge in [0.1, 0.15) is 23.6 Å². The summed E-state index contributed by atoms with van der Waals surface area (Å²) in [5.74, 6) is -6.27. The van der Waals surface area contributed by atoms with Crippen molar-refractivity contribution in [2.45, 2.75) is 13.3 Å². The third-order valence-electron chi connectivity index (χ3n) is 2.05. The van der Waals surface area contributed by atoms with Crippen LogP contribution in [0.15, 0.2) is 12.1 Å². The van der Waals surface area contributed by atoms with Crippen LogP contribution in [0.5, 0.6) is 0 Å². The number of ether oxygens (including phenoxy) is 1. The summed E-state index contributed by atoms with van der Waals surface area (Å²) in [5.41, 5.74) is -2.12. The minimum Gasteiger partial charge on any atom is -0.389 e. The fourth-order valence-corrected chi connectivity index (χ4v) is 1.23. The van der Waals surface area contributed by atoms with Gasteiger partial charge in [-0.05, 0) is 6.92 Å². The van der Waals surface area contributed by atoms with Gasteiger partial charge in [-0.25, -0.2) is 9.18 Å². The number of carbonyl (C=O) groups is 3. The lowest BCUT2D eigenvalue weighted by Crippen LogP contribution is -2.16. The molecule has 0 unspecified atom stereocenters. The number of halogens is 2. The van der Waals surface area contributed by atoms with Crippen molar-refractivity contribution in [3.8, 4) is 0 Å². The van der Waals surface area contributed by atoms with Gasteiger partial charge in [0.05, 0.1) is 4.92 Å². The highest BCUT2D eigenvalue weighted by Gasteiger charge is 2.24. The molecule has 1 aromatic carbocycles. The third kappa shape index (κ3) is 3.64. The molecule has 7 nitrogen and oxygen atoms in total. The molecule has 0 saturated heterocycles. The predicted octanol–water partition coefficient (Wildman–Crippen LogP) is 1.54. The molecular weight excluding hydrogens is 280 g/mol. The van der Waals surface area contributed by atoms with E-state index in [9.17, 15) is 33.3 Å². The molecule has 0 aromatic heterocycles. The van der Waals surface area contributed by atoms with Crippen LogP contribution in [0.1, 0.15) is 23.7 Å². The van der Waals surface area contributed by atoms with E-state index in [2.05, 4.69) is 4.74 Å². The lowest BCUT2D eigenvalue weighted by molar-refractivity contribution is -0.387. The van der Waals surface area contributed by atoms with Gasteiger partial charge in [0, 0.05) is 12.1 Å². The van der Waals surface area contributed by atoms with E-state index in [1.54, 1.807) is 0 Å². The maximum Gasteiger partial charge on any atom is 0.349 e. The first-order chi connectivity index (χ1) is 9.22. The van der Waals surface area contributed by atoms with Crippen molar-refractivity contribution in [1.29, 1.82) is 0 Å². The SMILES string of the molecule is CC(=O)CC(=O)OC(=O)c1cc([N+](=O)[O-])c(F)cc1F. The number of Topliss-reactive ketones (excluding diaryl/α,β-unsaturated/α-hetero) is 1. The molecule has 0 bridgehead atoms. The number of esters is 2. The van der Waals surface area contributed by atoms with Gasteiger partial charge in [-0.15, -0.1) is 0 Å². The molecule has 1 aromatic rings. The molecule has 1 rings (SSSR count). The Morgan fingerprint density at radius 1 is 1.25 bits per heavy atom. The predicted molar refractivity (Wildman–Crippen MR) is 58.7 cm³/mol. The van der Waals surface area contributed by atoms with E-state index in [1.165, 1.54) is 0 Å². The minimum absolute atomic E-state index is 0.129. The number of ketones is 1. The van der Waals surface area contributed by atoms with Crippen LogP contribution < -0.4 is 0 Å². The van der Waals surface area contributed by atoms with Gasteiger partial charge in [-0.1, -0.05) is 0 Å². The van der Waals surface area contributed by atoms with Crippen molar-refractivity contribution >= 4 is 23.4 Å². The molecule has 9 heteroatoms. The summed E-state index contributed by atoms with van der Waals surface area (Å²) in [6.45, 7) is 1.06. The summed E-state index contributed by atoms with van der Waals surface area (Å²) in [4.78, 5) is 42.3. The van der Waals surface area contributed by atoms with Crippen LogP contribution in [0.4, 0.5) is 14.5 Å². The molecule has 0 saturated carbocycles. The average Bonchev–Trinajstić information content (AvgIpc) is 2.26. The Kier molecular flexibility index (Phi) is 4.57. The standard InChI is InChI=1S/C11H7F2NO6/c1-5(15)2-10(16)20-11(17)6-3-9(14(18)19)8(13)4-7(6)12/h3-4H,2H2,1H3. The average molecular weight is 287 g/mol. The smallest absolute Gasteiger partial charge is 0.349 e. The fraction of sp³-hybridized carbons (Fsp3) is 0.182. The van der Waals surface area contributed by atoms with Crippen LogP contribution in [-0.4, -0.2) is 22.6 Å². The Morgan fingerprint density at radius 2 is 1.85 bits per heavy atom. The Balaban J connectivity index is 3.04. The second kappa shape index (κ2) is 5.95. The second-order valence-corrected chi connectivity index (χ2v) is 3.68. The normalized spacial score (nSPS) is 9.95. The molecule has 0 heterocycles. The summed E-state index contributed by atoms with van der Waals surface area (Å²) < 4.78 is 30.5. The maximum atomic E-state index is 13.3. The summed E-state index contributed by atoms with van der Waals surface area (Å²) in [6.07, 6.45) is -0.712. The van der Waals surface area contributed by atoms with E-state index < -0.39 is 52.0 Å². The first kappa shape index (κ1) is 15.3. The topological polar surface area (TPSA) is 104 Å². The summed E-state index contributed by atoms with van der Waals surface area (Å²) in [6, 6.07) is 0.443. The summed E-state index contributed by atoms with van der Waals surface area (Å²) in [7, 11) is 0. The minimum atomic E-state index is -1.54. The first-order valence-corrected chi connectivity index (χ1v) is 5.10. The van der Waals surface area contributed by atoms with Crippen LogP contribution in [0.3, 0.4) is 0 Å². The number of hydrogen-bond acceptors (Lipinski definition) is 6. The number of nitro benzene ring substituents is 1. The second-order valence-electron chi connectivity index (χ2n) is 3.68. The maximum absolute atomic E-state index is 13.3. The van der Waals surface area contributed by atoms with Crippen LogP contribution in [0.2, 0.25) is 0 Å². The van der Waals surface area contributed by atoms with Gasteiger partial charge >= 0.3 is 17.6 Å². The number of rotatable bonds is 4. The zero-order chi connectivity index (χ0) is 15.4. The molecule has 0 N–H and O–H groups in total. The lowest BCUT2D eigenvalue weighted by atomic mass is 10.2. The lowest BCUT2D eigenvalue weighted by Gasteiger charge is -2.03. The quantitative estimate of drug-likeness (QED) is 0.360. The Morgan fingerprint density at radius 3 is 2.35 bits per heavy atom. The van der Waals surface area contributed by atoms with Crippen molar-refractivity contribution in [2.24, 2.45) is 0 Å². The Hall–Kier alpha value is -2.71. The monoisotopic (exact) mass is 287 g/mol. The van der Waals surface area contributed by atoms with Crippen molar-refractivity contribution < 1.29 is 32.8 Å². The molecule has 0 amide bonds. The van der Waals surface area contributed by atoms with Crippen molar-refractivity contribution in [2.75, 3.05) is 0 Å². The van der Waals surface area contributed by atoms with Crippen molar-refractivity contribution in [3.63, 3.8) is 0 Å². The van der Waals surface area contributed by atoms with E-state index in [0.717, 1.165) is 6.92 Å². The number of nitro groups is 1. The zero-order valence-electron chi connectivity index (χ0n) is 10.0. The highest BCUT2D eigenvalue weighted by Crippen LogP contribution is 2.22. The van der Waals surface area contributed by atoms with Crippen LogP contribution in [-0.2, 0) is 14.3 Å². The first-order valence-electron chi connectivity index (χ1n) is 5.10. The Labute approximate surface area is 110 Å². The highest BCUT2D eigenvalue weighted by atomic mass is 19.1. The molecular formula is C11H7F2NO6. The number of hydrogen-bond donors (Lipinski definition) is 0. The molecule has 106 valence electrons. The van der Waals surface area contributed by atoms with Gasteiger partial charge in [0.25, 0.3) is 0 Å². The number of carbonyl (C=O) groups excluding carboxylic acids is 3. The van der Waals surface area contributed by atoms with Crippen LogP contribution in [0.25, 0.3) is 0 Å². The van der Waals surface area contributed by atoms with Gasteiger partial charge in [0.2, 0.25) is 5.82 Å². The van der Waals surface area contributed by atoms with Crippen LogP contribution >= 0.6 is 0 Å². The van der Waals surface area contributed by atoms with E-state index >= 15 is 0 Å². The molecule has 0 aliphatic heterocycles. The van der Waals surface area contributed by atoms with Crippen LogP contribution in [0, 0.1) is 21.7 Å². The van der Waals surface area contributed by atoms with E-state index in [0.29, 0.717) is 6.07 Å². The van der Waals surface area contributed by atoms with Gasteiger partial charge < -0.3 is 4.74 Å². The van der Waals surface area contributed by atoms with Crippen molar-refractivity contribution in [3.05, 3.63) is 39.4 Å². The highest BCUT2D eigenvalue weighted by molar-refractivity contribution is 6.02. The molecule has 0 aliphatic rings. The van der Waals surface area contributed by atoms with Gasteiger partial charge in [-0.3, -0.25) is 19.7 Å². The molecule has 20 heavy (non-hydrogen) atoms. The van der Waals surface area contributed by atoms with E-state index in [-0.39, 0.29) is 6.07 Å². The van der Waals surface area contributed by atoms with E-state index in [4.69, 9.17) is 0 Å². The van der Waals surface area contributed by atoms with Crippen molar-refractivity contribution in [1.82, 2.24) is 0 Å². The number of nitrogens with zero attached hydrogens (tertiary/aromatic N) is 1. The summed E-state index contributed by atoms with van der Waals surface area (Å²) in [5, 5.41) is 10.5. The molecule has 0 spiro atoms. The molecule has 0 fully saturated rings. The fourth-order valence-electron chi connectivity index (χ4n) is 1.23. The third-order valence-corrected chi connectivity index (χ3v) is 2.05. The number of benzene rings is 1. The zero-order valence-corrected chi connectivity index (χ0v) is 10.0. The largest absolute Gasteiger partial charge is 0.389 e. The summed E-state index contributed by atoms with van der Waals surface area (Å²) >= 11 is 0. The van der Waals surface area contributed by atoms with Gasteiger partial charge in [0.15, 0.2) is 0 Å². The Bertz CT molecular complexity index is 613.